The number of carboxylic acids is 1. The number of aryl methyl sites for hydroxylation is 2. The van der Waals surface area contributed by atoms with Gasteiger partial charge in [-0.05, 0) is 43.0 Å². The zero-order valence-corrected chi connectivity index (χ0v) is 17.9. The van der Waals surface area contributed by atoms with Gasteiger partial charge in [0.15, 0.2) is 17.4 Å². The third kappa shape index (κ3) is 6.30. The molecule has 0 saturated heterocycles. The van der Waals surface area contributed by atoms with Gasteiger partial charge in [-0.2, -0.15) is 18.3 Å². The van der Waals surface area contributed by atoms with Crippen LogP contribution in [0.2, 0.25) is 0 Å². The van der Waals surface area contributed by atoms with E-state index in [9.17, 15) is 22.4 Å². The first-order valence-electron chi connectivity index (χ1n) is 10.4. The second-order valence-corrected chi connectivity index (χ2v) is 7.45. The Morgan fingerprint density at radius 1 is 1.15 bits per heavy atom. The Bertz CT molecular complexity index is 1100. The van der Waals surface area contributed by atoms with Crippen molar-refractivity contribution < 1.29 is 32.2 Å². The first-order valence-corrected chi connectivity index (χ1v) is 10.4. The van der Waals surface area contributed by atoms with Gasteiger partial charge in [-0.3, -0.25) is 4.79 Å². The summed E-state index contributed by atoms with van der Waals surface area (Å²) in [5.74, 6) is -1.55. The summed E-state index contributed by atoms with van der Waals surface area (Å²) in [6.45, 7) is 2.19. The topological polar surface area (TPSA) is 77.2 Å². The molecule has 1 aromatic carbocycles. The lowest BCUT2D eigenvalue weighted by molar-refractivity contribution is -0.138. The summed E-state index contributed by atoms with van der Waals surface area (Å²) in [5.41, 5.74) is 0.941. The van der Waals surface area contributed by atoms with Crippen LogP contribution in [0.15, 0.2) is 42.7 Å². The molecule has 0 amide bonds. The van der Waals surface area contributed by atoms with Gasteiger partial charge in [-0.1, -0.05) is 25.5 Å². The zero-order valence-electron chi connectivity index (χ0n) is 17.9. The van der Waals surface area contributed by atoms with Crippen LogP contribution in [-0.2, 0) is 30.2 Å². The lowest BCUT2D eigenvalue weighted by Gasteiger charge is -2.09. The molecule has 1 N–H and O–H groups in total. The molecule has 0 bridgehead atoms. The van der Waals surface area contributed by atoms with Crippen LogP contribution in [0, 0.1) is 5.82 Å². The van der Waals surface area contributed by atoms with Crippen LogP contribution in [0.4, 0.5) is 17.6 Å². The fourth-order valence-electron chi connectivity index (χ4n) is 3.32. The molecule has 10 heteroatoms. The van der Waals surface area contributed by atoms with E-state index in [1.54, 1.807) is 6.20 Å². The molecule has 0 fully saturated rings. The first kappa shape index (κ1) is 24.2. The number of halogens is 4. The highest BCUT2D eigenvalue weighted by Crippen LogP contribution is 2.29. The number of hydrogen-bond acceptors (Lipinski definition) is 4. The molecular formula is C23H23F4N3O3. The van der Waals surface area contributed by atoms with Gasteiger partial charge in [0, 0.05) is 18.0 Å². The maximum absolute atomic E-state index is 14.4. The Hall–Kier alpha value is -3.43. The molecule has 0 saturated carbocycles. The van der Waals surface area contributed by atoms with Crippen molar-refractivity contribution in [1.82, 2.24) is 14.8 Å². The minimum absolute atomic E-state index is 0.00724. The number of aliphatic carboxylic acids is 1. The largest absolute Gasteiger partial charge is 0.490 e. The first-order chi connectivity index (χ1) is 15.7. The normalized spacial score (nSPS) is 11.5. The molecule has 0 aliphatic rings. The molecule has 0 unspecified atom stereocenters. The van der Waals surface area contributed by atoms with E-state index < -0.39 is 29.9 Å². The fourth-order valence-corrected chi connectivity index (χ4v) is 3.32. The number of carbonyl (C=O) groups is 1. The Morgan fingerprint density at radius 3 is 2.58 bits per heavy atom. The van der Waals surface area contributed by atoms with Gasteiger partial charge in [0.2, 0.25) is 0 Å². The van der Waals surface area contributed by atoms with Crippen LogP contribution in [0.3, 0.4) is 0 Å². The minimum atomic E-state index is -4.46. The lowest BCUT2D eigenvalue weighted by atomic mass is 10.1. The summed E-state index contributed by atoms with van der Waals surface area (Å²) in [6, 6.07) is 6.61. The number of aromatic nitrogens is 3. The van der Waals surface area contributed by atoms with Gasteiger partial charge in [-0.25, -0.2) is 14.1 Å². The van der Waals surface area contributed by atoms with Crippen molar-refractivity contribution in [3.8, 4) is 11.6 Å². The number of ether oxygens (including phenoxy) is 1. The monoisotopic (exact) mass is 465 g/mol. The summed E-state index contributed by atoms with van der Waals surface area (Å²) in [5, 5.41) is 13.3. The molecule has 0 aliphatic carbocycles. The van der Waals surface area contributed by atoms with Gasteiger partial charge >= 0.3 is 12.1 Å². The molecule has 2 heterocycles. The Balaban J connectivity index is 1.65. The van der Waals surface area contributed by atoms with E-state index in [-0.39, 0.29) is 23.7 Å². The van der Waals surface area contributed by atoms with Crippen LogP contribution in [0.25, 0.3) is 5.82 Å². The molecule has 33 heavy (non-hydrogen) atoms. The fraction of sp³-hybridized carbons (Fsp3) is 0.348. The van der Waals surface area contributed by atoms with Crippen molar-refractivity contribution in [3.63, 3.8) is 0 Å². The number of rotatable bonds is 10. The predicted molar refractivity (Wildman–Crippen MR) is 112 cm³/mol. The number of alkyl halides is 3. The standard InChI is InChI=1S/C23H23F4N3O3/c1-2-5-18-16(14-30(29-18)20-10-9-17(13-28-20)23(25,26)27)7-4-11-33-19-8-3-6-15(22(19)24)12-21(31)32/h3,6,8-10,13-14H,2,4-5,7,11-12H2,1H3,(H,31,32). The number of pyridine rings is 1. The van der Waals surface area contributed by atoms with Crippen molar-refractivity contribution in [2.24, 2.45) is 0 Å². The van der Waals surface area contributed by atoms with E-state index in [0.29, 0.717) is 19.3 Å². The highest BCUT2D eigenvalue weighted by molar-refractivity contribution is 5.70. The van der Waals surface area contributed by atoms with E-state index in [1.807, 2.05) is 6.92 Å². The number of benzene rings is 1. The van der Waals surface area contributed by atoms with Gasteiger partial charge < -0.3 is 9.84 Å². The van der Waals surface area contributed by atoms with Crippen LogP contribution >= 0.6 is 0 Å². The molecule has 176 valence electrons. The molecule has 6 nitrogen and oxygen atoms in total. The van der Waals surface area contributed by atoms with Crippen molar-refractivity contribution in [2.45, 2.75) is 45.2 Å². The molecule has 3 rings (SSSR count). The lowest BCUT2D eigenvalue weighted by Crippen LogP contribution is -2.07. The summed E-state index contributed by atoms with van der Waals surface area (Å²) < 4.78 is 59.6. The molecule has 0 spiro atoms. The van der Waals surface area contributed by atoms with E-state index in [1.165, 1.54) is 28.9 Å². The molecule has 0 radical (unpaired) electrons. The SMILES string of the molecule is CCCc1nn(-c2ccc(C(F)(F)F)cn2)cc1CCCOc1cccc(CC(=O)O)c1F. The van der Waals surface area contributed by atoms with Crippen molar-refractivity contribution in [1.29, 1.82) is 0 Å². The maximum Gasteiger partial charge on any atom is 0.417 e. The zero-order chi connectivity index (χ0) is 24.0. The quantitative estimate of drug-likeness (QED) is 0.336. The third-order valence-electron chi connectivity index (χ3n) is 4.91. The average molecular weight is 465 g/mol. The Labute approximate surface area is 187 Å². The van der Waals surface area contributed by atoms with E-state index >= 15 is 0 Å². The summed E-state index contributed by atoms with van der Waals surface area (Å²) in [4.78, 5) is 14.7. The summed E-state index contributed by atoms with van der Waals surface area (Å²) >= 11 is 0. The minimum Gasteiger partial charge on any atom is -0.490 e. The van der Waals surface area contributed by atoms with Crippen molar-refractivity contribution in [2.75, 3.05) is 6.61 Å². The summed E-state index contributed by atoms with van der Waals surface area (Å²) in [7, 11) is 0. The predicted octanol–water partition coefficient (Wildman–Crippen LogP) is 5.02. The maximum atomic E-state index is 14.4. The van der Waals surface area contributed by atoms with E-state index in [0.717, 1.165) is 29.9 Å². The highest BCUT2D eigenvalue weighted by atomic mass is 19.4. The van der Waals surface area contributed by atoms with Gasteiger partial charge in [-0.15, -0.1) is 0 Å². The van der Waals surface area contributed by atoms with E-state index in [2.05, 4.69) is 10.1 Å². The van der Waals surface area contributed by atoms with Crippen LogP contribution < -0.4 is 4.74 Å². The van der Waals surface area contributed by atoms with Crippen LogP contribution in [0.1, 0.15) is 42.1 Å². The average Bonchev–Trinajstić information content (AvgIpc) is 3.16. The Morgan fingerprint density at radius 2 is 1.94 bits per heavy atom. The van der Waals surface area contributed by atoms with Crippen molar-refractivity contribution >= 4 is 5.97 Å². The van der Waals surface area contributed by atoms with E-state index in [4.69, 9.17) is 9.84 Å². The smallest absolute Gasteiger partial charge is 0.417 e. The Kier molecular flexibility index (Phi) is 7.67. The highest BCUT2D eigenvalue weighted by Gasteiger charge is 2.30. The molecule has 3 aromatic rings. The molecular weight excluding hydrogens is 442 g/mol. The second-order valence-electron chi connectivity index (χ2n) is 7.45. The van der Waals surface area contributed by atoms with Gasteiger partial charge in [0.1, 0.15) is 0 Å². The van der Waals surface area contributed by atoms with Crippen molar-refractivity contribution in [3.05, 3.63) is 70.9 Å². The number of carboxylic acid groups (broad SMARTS) is 1. The number of hydrogen-bond donors (Lipinski definition) is 1. The van der Waals surface area contributed by atoms with Gasteiger partial charge in [0.05, 0.1) is 24.3 Å². The second kappa shape index (κ2) is 10.5. The van der Waals surface area contributed by atoms with Gasteiger partial charge in [0.25, 0.3) is 0 Å². The molecule has 0 atom stereocenters. The van der Waals surface area contributed by atoms with Crippen LogP contribution in [-0.4, -0.2) is 32.4 Å². The van der Waals surface area contributed by atoms with Crippen LogP contribution in [0.5, 0.6) is 5.75 Å². The third-order valence-corrected chi connectivity index (χ3v) is 4.91. The summed E-state index contributed by atoms with van der Waals surface area (Å²) in [6.07, 6.45) is 0.239. The molecule has 2 aromatic heterocycles. The number of nitrogens with zero attached hydrogens (tertiary/aromatic N) is 3. The molecule has 0 aliphatic heterocycles.